The number of β-lactam (4-membered cyclic amide) rings is 1. The summed E-state index contributed by atoms with van der Waals surface area (Å²) in [7, 11) is 4.93. The Morgan fingerprint density at radius 2 is 1.39 bits per heavy atom. The number of carbonyl (C=O) groups excluding carboxylic acids is 2. The standard InChI is InChI=1S/C30H32N2O6/c1-19-26(21-9-7-6-8-10-21)37-30(2,29(34)31(19)3)38-27-25(20-11-15-23(35-4)16-12-20)32(28(27)33)22-13-17-24(36-5)18-14-22/h6-19,25-27H,1-5H3/t19-,25-,26-,27+,30-/m0/s1. The first-order chi connectivity index (χ1) is 18.3. The summed E-state index contributed by atoms with van der Waals surface area (Å²) in [6.07, 6.45) is -1.35. The van der Waals surface area contributed by atoms with Crippen molar-refractivity contribution in [3.63, 3.8) is 0 Å². The second-order valence-corrected chi connectivity index (χ2v) is 9.71. The van der Waals surface area contributed by atoms with Crippen molar-refractivity contribution >= 4 is 17.5 Å². The van der Waals surface area contributed by atoms with Crippen LogP contribution in [0.5, 0.6) is 11.5 Å². The first-order valence-corrected chi connectivity index (χ1v) is 12.6. The molecule has 0 spiro atoms. The molecule has 3 aromatic carbocycles. The molecular formula is C30H32N2O6. The van der Waals surface area contributed by atoms with Crippen LogP contribution in [0.25, 0.3) is 0 Å². The van der Waals surface area contributed by atoms with Crippen molar-refractivity contribution in [1.82, 2.24) is 4.90 Å². The van der Waals surface area contributed by atoms with E-state index in [1.807, 2.05) is 73.7 Å². The number of amides is 2. The zero-order chi connectivity index (χ0) is 27.0. The quantitative estimate of drug-likeness (QED) is 0.430. The number of benzene rings is 3. The highest BCUT2D eigenvalue weighted by Crippen LogP contribution is 2.45. The lowest BCUT2D eigenvalue weighted by atomic mass is 9.89. The number of morpholine rings is 1. The molecule has 0 aliphatic carbocycles. The Bertz CT molecular complexity index is 1300. The second kappa shape index (κ2) is 10.1. The SMILES string of the molecule is COc1ccc([C@H]2[C@@H](O[C@]3(C)O[C@H](c4ccccc4)[C@H](C)N(C)C3=O)C(=O)N2c2ccc(OC)cc2)cc1. The Labute approximate surface area is 222 Å². The van der Waals surface area contributed by atoms with Crippen LogP contribution in [0.3, 0.4) is 0 Å². The van der Waals surface area contributed by atoms with Crippen LogP contribution in [-0.2, 0) is 19.1 Å². The molecular weight excluding hydrogens is 484 g/mol. The molecule has 0 radical (unpaired) electrons. The summed E-state index contributed by atoms with van der Waals surface area (Å²) in [5.74, 6) is -0.855. The molecule has 2 amide bonds. The summed E-state index contributed by atoms with van der Waals surface area (Å²) in [4.78, 5) is 30.4. The van der Waals surface area contributed by atoms with Gasteiger partial charge >= 0.3 is 0 Å². The third-order valence-electron chi connectivity index (χ3n) is 7.44. The van der Waals surface area contributed by atoms with Crippen molar-refractivity contribution in [3.05, 3.63) is 90.0 Å². The van der Waals surface area contributed by atoms with Gasteiger partial charge in [-0.2, -0.15) is 0 Å². The molecule has 8 nitrogen and oxygen atoms in total. The molecule has 2 fully saturated rings. The van der Waals surface area contributed by atoms with Gasteiger partial charge in [-0.1, -0.05) is 42.5 Å². The van der Waals surface area contributed by atoms with Crippen LogP contribution in [0.4, 0.5) is 5.69 Å². The maximum Gasteiger partial charge on any atom is 0.282 e. The van der Waals surface area contributed by atoms with E-state index in [2.05, 4.69) is 0 Å². The van der Waals surface area contributed by atoms with Gasteiger partial charge in [-0.3, -0.25) is 14.5 Å². The molecule has 5 rings (SSSR count). The van der Waals surface area contributed by atoms with E-state index in [-0.39, 0.29) is 17.9 Å². The van der Waals surface area contributed by atoms with Crippen LogP contribution < -0.4 is 14.4 Å². The molecule has 38 heavy (non-hydrogen) atoms. The van der Waals surface area contributed by atoms with Crippen LogP contribution in [0.1, 0.15) is 37.1 Å². The zero-order valence-corrected chi connectivity index (χ0v) is 22.2. The lowest BCUT2D eigenvalue weighted by Gasteiger charge is -2.52. The molecule has 0 bridgehead atoms. The summed E-state index contributed by atoms with van der Waals surface area (Å²) in [6, 6.07) is 23.8. The van der Waals surface area contributed by atoms with Crippen molar-refractivity contribution in [1.29, 1.82) is 0 Å². The minimum atomic E-state index is -1.65. The molecule has 2 heterocycles. The average molecular weight is 517 g/mol. The highest BCUT2D eigenvalue weighted by molar-refractivity contribution is 6.05. The zero-order valence-electron chi connectivity index (χ0n) is 22.2. The van der Waals surface area contributed by atoms with E-state index in [9.17, 15) is 9.59 Å². The van der Waals surface area contributed by atoms with Crippen LogP contribution in [0, 0.1) is 0 Å². The number of hydrogen-bond donors (Lipinski definition) is 0. The second-order valence-electron chi connectivity index (χ2n) is 9.71. The van der Waals surface area contributed by atoms with Crippen LogP contribution in [0.15, 0.2) is 78.9 Å². The van der Waals surface area contributed by atoms with Gasteiger partial charge in [0.05, 0.1) is 26.3 Å². The number of anilines is 1. The minimum absolute atomic E-state index is 0.216. The van der Waals surface area contributed by atoms with Crippen molar-refractivity contribution in [2.75, 3.05) is 26.2 Å². The maximum atomic E-state index is 13.6. The van der Waals surface area contributed by atoms with E-state index >= 15 is 0 Å². The summed E-state index contributed by atoms with van der Waals surface area (Å²) >= 11 is 0. The van der Waals surface area contributed by atoms with Gasteiger partial charge in [0.15, 0.2) is 6.10 Å². The van der Waals surface area contributed by atoms with Gasteiger partial charge < -0.3 is 23.8 Å². The Morgan fingerprint density at radius 3 is 1.97 bits per heavy atom. The third kappa shape index (κ3) is 4.40. The number of ether oxygens (including phenoxy) is 4. The summed E-state index contributed by atoms with van der Waals surface area (Å²) in [5.41, 5.74) is 2.48. The van der Waals surface area contributed by atoms with Gasteiger partial charge in [0.25, 0.3) is 11.8 Å². The molecule has 2 aliphatic rings. The Hall–Kier alpha value is -3.88. The molecule has 5 atom stereocenters. The molecule has 0 saturated carbocycles. The molecule has 0 aromatic heterocycles. The van der Waals surface area contributed by atoms with E-state index < -0.39 is 24.0 Å². The monoisotopic (exact) mass is 516 g/mol. The summed E-state index contributed by atoms with van der Waals surface area (Å²) < 4.78 is 23.3. The Kier molecular flexibility index (Phi) is 6.86. The normalized spacial score (nSPS) is 27.2. The van der Waals surface area contributed by atoms with Gasteiger partial charge in [-0.25, -0.2) is 0 Å². The average Bonchev–Trinajstić information content (AvgIpc) is 2.96. The molecule has 198 valence electrons. The third-order valence-corrected chi connectivity index (χ3v) is 7.44. The maximum absolute atomic E-state index is 13.6. The van der Waals surface area contributed by atoms with E-state index in [1.165, 1.54) is 0 Å². The van der Waals surface area contributed by atoms with E-state index in [0.717, 1.165) is 11.1 Å². The van der Waals surface area contributed by atoms with Gasteiger partial charge in [-0.15, -0.1) is 0 Å². The molecule has 0 N–H and O–H groups in total. The fourth-order valence-corrected chi connectivity index (χ4v) is 5.14. The van der Waals surface area contributed by atoms with E-state index in [0.29, 0.717) is 17.2 Å². The van der Waals surface area contributed by atoms with Crippen LogP contribution in [0.2, 0.25) is 0 Å². The van der Waals surface area contributed by atoms with Gasteiger partial charge in [0.1, 0.15) is 17.6 Å². The van der Waals surface area contributed by atoms with Crippen molar-refractivity contribution in [2.45, 2.75) is 43.9 Å². The molecule has 0 unspecified atom stereocenters. The smallest absolute Gasteiger partial charge is 0.282 e. The molecule has 3 aromatic rings. The van der Waals surface area contributed by atoms with Crippen LogP contribution >= 0.6 is 0 Å². The van der Waals surface area contributed by atoms with Crippen molar-refractivity contribution < 1.29 is 28.5 Å². The number of likely N-dealkylation sites (N-methyl/N-ethyl adjacent to an activating group) is 1. The molecule has 2 saturated heterocycles. The number of hydrogen-bond acceptors (Lipinski definition) is 6. The predicted octanol–water partition coefficient (Wildman–Crippen LogP) is 4.51. The fourth-order valence-electron chi connectivity index (χ4n) is 5.14. The summed E-state index contributed by atoms with van der Waals surface area (Å²) in [5, 5.41) is 0. The topological polar surface area (TPSA) is 77.5 Å². The number of nitrogens with zero attached hydrogens (tertiary/aromatic N) is 2. The largest absolute Gasteiger partial charge is 0.497 e. The van der Waals surface area contributed by atoms with Gasteiger partial charge in [0, 0.05) is 12.7 Å². The van der Waals surface area contributed by atoms with Gasteiger partial charge in [-0.05, 0) is 61.4 Å². The summed E-state index contributed by atoms with van der Waals surface area (Å²) in [6.45, 7) is 3.54. The fraction of sp³-hybridized carbons (Fsp3) is 0.333. The minimum Gasteiger partial charge on any atom is -0.497 e. The molecule has 8 heteroatoms. The van der Waals surface area contributed by atoms with Crippen molar-refractivity contribution in [2.24, 2.45) is 0 Å². The van der Waals surface area contributed by atoms with E-state index in [1.54, 1.807) is 50.1 Å². The van der Waals surface area contributed by atoms with Gasteiger partial charge in [0.2, 0.25) is 5.79 Å². The Balaban J connectivity index is 1.48. The highest BCUT2D eigenvalue weighted by atomic mass is 16.7. The van der Waals surface area contributed by atoms with Crippen LogP contribution in [-0.4, -0.2) is 55.9 Å². The number of methoxy groups -OCH3 is 2. The Morgan fingerprint density at radius 1 is 0.816 bits per heavy atom. The lowest BCUT2D eigenvalue weighted by molar-refractivity contribution is -0.290. The lowest BCUT2D eigenvalue weighted by Crippen LogP contribution is -2.67. The molecule has 2 aliphatic heterocycles. The highest BCUT2D eigenvalue weighted by Gasteiger charge is 2.57. The van der Waals surface area contributed by atoms with Crippen molar-refractivity contribution in [3.8, 4) is 11.5 Å². The predicted molar refractivity (Wildman–Crippen MR) is 142 cm³/mol. The number of carbonyl (C=O) groups is 2. The number of rotatable bonds is 7. The first kappa shape index (κ1) is 25.8. The van der Waals surface area contributed by atoms with E-state index in [4.69, 9.17) is 18.9 Å². The first-order valence-electron chi connectivity index (χ1n) is 12.6.